The van der Waals surface area contributed by atoms with Crippen molar-refractivity contribution in [2.45, 2.75) is 36.8 Å². The Labute approximate surface area is 209 Å². The maximum Gasteiger partial charge on any atom is 0.339 e. The van der Waals surface area contributed by atoms with Gasteiger partial charge in [0.1, 0.15) is 0 Å². The lowest BCUT2D eigenvalue weighted by molar-refractivity contribution is -0.223. The molecule has 0 radical (unpaired) electrons. The maximum atomic E-state index is 12.4. The normalized spacial score (nSPS) is 23.7. The number of phenols is 4. The second-order valence-corrected chi connectivity index (χ2v) is 8.26. The molecule has 37 heavy (non-hydrogen) atoms. The van der Waals surface area contributed by atoms with E-state index in [1.54, 1.807) is 0 Å². The molecule has 2 aromatic rings. The molecule has 0 heterocycles. The van der Waals surface area contributed by atoms with Gasteiger partial charge < -0.3 is 45.2 Å². The van der Waals surface area contributed by atoms with Crippen LogP contribution in [0.4, 0.5) is 0 Å². The Morgan fingerprint density at radius 1 is 0.811 bits per heavy atom. The summed E-state index contributed by atoms with van der Waals surface area (Å²) < 4.78 is 10.3. The van der Waals surface area contributed by atoms with E-state index in [2.05, 4.69) is 0 Å². The van der Waals surface area contributed by atoms with Gasteiger partial charge in [0, 0.05) is 12.2 Å². The highest BCUT2D eigenvalue weighted by atomic mass is 16.6. The minimum atomic E-state index is -2.68. The molecule has 12 nitrogen and oxygen atoms in total. The van der Waals surface area contributed by atoms with Crippen LogP contribution >= 0.6 is 0 Å². The molecule has 0 aliphatic heterocycles. The Kier molecular flexibility index (Phi) is 8.05. The molecule has 2 aromatic carbocycles. The minimum Gasteiger partial charge on any atom is -0.504 e. The molecule has 1 aliphatic carbocycles. The van der Waals surface area contributed by atoms with E-state index in [0.29, 0.717) is 5.56 Å². The first-order chi connectivity index (χ1) is 17.4. The number of benzene rings is 2. The van der Waals surface area contributed by atoms with Crippen molar-refractivity contribution in [2.75, 3.05) is 0 Å². The van der Waals surface area contributed by atoms with Crippen molar-refractivity contribution in [1.82, 2.24) is 0 Å². The van der Waals surface area contributed by atoms with Crippen LogP contribution in [-0.2, 0) is 23.9 Å². The van der Waals surface area contributed by atoms with E-state index in [1.165, 1.54) is 36.4 Å². The second-order valence-electron chi connectivity index (χ2n) is 8.26. The van der Waals surface area contributed by atoms with Crippen LogP contribution in [0.15, 0.2) is 48.6 Å². The van der Waals surface area contributed by atoms with Crippen molar-refractivity contribution in [2.24, 2.45) is 0 Å². The van der Waals surface area contributed by atoms with Crippen LogP contribution in [0, 0.1) is 0 Å². The van der Waals surface area contributed by atoms with Crippen LogP contribution in [0.2, 0.25) is 0 Å². The van der Waals surface area contributed by atoms with Crippen LogP contribution in [0.1, 0.15) is 24.0 Å². The summed E-state index contributed by atoms with van der Waals surface area (Å²) >= 11 is 0. The number of phenolic OH excluding ortho intramolecular Hbond substituents is 4. The predicted molar refractivity (Wildman–Crippen MR) is 125 cm³/mol. The summed E-state index contributed by atoms with van der Waals surface area (Å²) in [5.74, 6) is -5.64. The fraction of sp³-hybridized carbons (Fsp3) is 0.240. The molecule has 1 saturated carbocycles. The zero-order chi connectivity index (χ0) is 27.3. The summed E-state index contributed by atoms with van der Waals surface area (Å²) in [4.78, 5) is 36.7. The summed E-state index contributed by atoms with van der Waals surface area (Å²) in [7, 11) is 0. The first-order valence-electron chi connectivity index (χ1n) is 10.9. The molecule has 0 amide bonds. The Morgan fingerprint density at radius 3 is 1.76 bits per heavy atom. The van der Waals surface area contributed by atoms with Crippen molar-refractivity contribution < 1.29 is 59.6 Å². The summed E-state index contributed by atoms with van der Waals surface area (Å²) in [6.45, 7) is 0. The lowest BCUT2D eigenvalue weighted by Gasteiger charge is -2.42. The number of carbonyl (C=O) groups is 3. The lowest BCUT2D eigenvalue weighted by atomic mass is 9.78. The van der Waals surface area contributed by atoms with Crippen LogP contribution in [0.3, 0.4) is 0 Å². The third kappa shape index (κ3) is 6.37. The van der Waals surface area contributed by atoms with Crippen molar-refractivity contribution in [3.05, 3.63) is 59.7 Å². The van der Waals surface area contributed by atoms with Gasteiger partial charge in [0.05, 0.1) is 6.10 Å². The molecule has 0 bridgehead atoms. The second kappa shape index (κ2) is 11.0. The molecule has 0 spiro atoms. The fourth-order valence-electron chi connectivity index (χ4n) is 3.64. The number of aliphatic carboxylic acids is 1. The molecule has 7 N–H and O–H groups in total. The molecule has 4 atom stereocenters. The van der Waals surface area contributed by atoms with E-state index >= 15 is 0 Å². The minimum absolute atomic E-state index is 0.276. The molecule has 0 aromatic heterocycles. The number of carboxylic acid groups (broad SMARTS) is 1. The molecule has 0 unspecified atom stereocenters. The van der Waals surface area contributed by atoms with Crippen LogP contribution in [0.25, 0.3) is 12.2 Å². The van der Waals surface area contributed by atoms with Gasteiger partial charge in [0.15, 0.2) is 35.2 Å². The van der Waals surface area contributed by atoms with Crippen molar-refractivity contribution >= 4 is 30.1 Å². The number of carboxylic acids is 1. The van der Waals surface area contributed by atoms with Gasteiger partial charge in [-0.05, 0) is 60.4 Å². The summed E-state index contributed by atoms with van der Waals surface area (Å²) in [5.41, 5.74) is -2.11. The highest BCUT2D eigenvalue weighted by molar-refractivity contribution is 5.89. The van der Waals surface area contributed by atoms with Crippen molar-refractivity contribution in [1.29, 1.82) is 0 Å². The first-order valence-corrected chi connectivity index (χ1v) is 10.9. The van der Waals surface area contributed by atoms with Gasteiger partial charge in [-0.3, -0.25) is 0 Å². The lowest BCUT2D eigenvalue weighted by Crippen LogP contribution is -2.63. The summed E-state index contributed by atoms with van der Waals surface area (Å²) in [5, 5.41) is 68.5. The maximum absolute atomic E-state index is 12.4. The molecule has 0 saturated heterocycles. The number of aliphatic hydroxyl groups is 2. The molecular weight excluding hydrogens is 492 g/mol. The topological polar surface area (TPSA) is 211 Å². The molecular formula is C25H24O12. The summed E-state index contributed by atoms with van der Waals surface area (Å²) in [6, 6.07) is 7.39. The fourth-order valence-corrected chi connectivity index (χ4v) is 3.64. The highest BCUT2D eigenvalue weighted by Gasteiger charge is 2.57. The van der Waals surface area contributed by atoms with Gasteiger partial charge in [0.2, 0.25) is 5.60 Å². The van der Waals surface area contributed by atoms with E-state index in [1.807, 2.05) is 0 Å². The molecule has 1 fully saturated rings. The number of aromatic hydroxyl groups is 4. The number of rotatable bonds is 7. The van der Waals surface area contributed by atoms with Gasteiger partial charge in [0.25, 0.3) is 0 Å². The molecule has 196 valence electrons. The standard InChI is InChI=1S/C25H24O12/c26-15-5-1-13(11-18(15)29)3-7-20(31)36-22-17(28)9-10-25(35,24(33)34)23(22)37-21(32)8-4-14-2-6-16(27)19(30)12-14/h1-8,11-12,17,22-23,26-30,35H,9-10H2,(H,33,34)/b7-3+,8-4+/t17-,22-,23+,25-/m1/s1. The Morgan fingerprint density at radius 2 is 1.30 bits per heavy atom. The van der Waals surface area contributed by atoms with Crippen LogP contribution in [-0.4, -0.2) is 77.6 Å². The number of carbonyl (C=O) groups excluding carboxylic acids is 2. The Balaban J connectivity index is 1.80. The van der Waals surface area contributed by atoms with E-state index < -0.39 is 59.7 Å². The SMILES string of the molecule is O=C(/C=C/c1ccc(O)c(O)c1)O[C@@H]1[C@H](O)CC[C@](O)(C(=O)O)[C@H]1OC(=O)/C=C/c1ccc(O)c(O)c1. The van der Waals surface area contributed by atoms with Gasteiger partial charge in [-0.2, -0.15) is 0 Å². The smallest absolute Gasteiger partial charge is 0.339 e. The molecule has 3 rings (SSSR count). The Hall–Kier alpha value is -4.55. The van der Waals surface area contributed by atoms with Crippen molar-refractivity contribution in [3.63, 3.8) is 0 Å². The zero-order valence-electron chi connectivity index (χ0n) is 19.1. The highest BCUT2D eigenvalue weighted by Crippen LogP contribution is 2.34. The average Bonchev–Trinajstić information content (AvgIpc) is 2.85. The third-order valence-electron chi connectivity index (χ3n) is 5.66. The van der Waals surface area contributed by atoms with Crippen LogP contribution < -0.4 is 0 Å². The number of hydrogen-bond acceptors (Lipinski definition) is 11. The van der Waals surface area contributed by atoms with Crippen molar-refractivity contribution in [3.8, 4) is 23.0 Å². The quantitative estimate of drug-likeness (QED) is 0.156. The van der Waals surface area contributed by atoms with Gasteiger partial charge in [-0.25, -0.2) is 14.4 Å². The molecule has 12 heteroatoms. The zero-order valence-corrected chi connectivity index (χ0v) is 19.1. The number of esters is 2. The van der Waals surface area contributed by atoms with Gasteiger partial charge >= 0.3 is 17.9 Å². The monoisotopic (exact) mass is 516 g/mol. The van der Waals surface area contributed by atoms with E-state index in [4.69, 9.17) is 9.47 Å². The number of hydrogen-bond donors (Lipinski definition) is 7. The number of aliphatic hydroxyl groups excluding tert-OH is 1. The van der Waals surface area contributed by atoms with E-state index in [0.717, 1.165) is 24.3 Å². The van der Waals surface area contributed by atoms with Crippen LogP contribution in [0.5, 0.6) is 23.0 Å². The van der Waals surface area contributed by atoms with E-state index in [9.17, 15) is 50.1 Å². The summed E-state index contributed by atoms with van der Waals surface area (Å²) in [6.07, 6.45) is -1.89. The largest absolute Gasteiger partial charge is 0.504 e. The molecule has 1 aliphatic rings. The van der Waals surface area contributed by atoms with Gasteiger partial charge in [-0.15, -0.1) is 0 Å². The third-order valence-corrected chi connectivity index (χ3v) is 5.66. The Bertz CT molecular complexity index is 1250. The first kappa shape index (κ1) is 27.0. The van der Waals surface area contributed by atoms with Gasteiger partial charge in [-0.1, -0.05) is 12.1 Å². The number of ether oxygens (including phenoxy) is 2. The van der Waals surface area contributed by atoms with E-state index in [-0.39, 0.29) is 23.5 Å². The predicted octanol–water partition coefficient (Wildman–Crippen LogP) is 1.03. The average molecular weight is 516 g/mol.